The summed E-state index contributed by atoms with van der Waals surface area (Å²) in [6.45, 7) is 5.91. The minimum Gasteiger partial charge on any atom is -0.385 e. The van der Waals surface area contributed by atoms with E-state index in [1.165, 1.54) is 6.33 Å². The van der Waals surface area contributed by atoms with Crippen LogP contribution in [0.1, 0.15) is 44.6 Å². The number of nitrogens with zero attached hydrogens (tertiary/aromatic N) is 2. The molecule has 4 nitrogen and oxygen atoms in total. The molecule has 0 saturated carbocycles. The first-order valence-corrected chi connectivity index (χ1v) is 6.77. The van der Waals surface area contributed by atoms with Crippen molar-refractivity contribution in [1.29, 1.82) is 0 Å². The Bertz CT molecular complexity index is 358. The molecule has 0 spiro atoms. The highest BCUT2D eigenvalue weighted by Gasteiger charge is 2.12. The van der Waals surface area contributed by atoms with Gasteiger partial charge in [0, 0.05) is 25.8 Å². The first-order chi connectivity index (χ1) is 8.66. The Morgan fingerprint density at radius 2 is 2.06 bits per heavy atom. The Morgan fingerprint density at radius 3 is 2.72 bits per heavy atom. The molecular formula is C13H22ClN3O. The van der Waals surface area contributed by atoms with E-state index >= 15 is 0 Å². The summed E-state index contributed by atoms with van der Waals surface area (Å²) in [5, 5.41) is 3.88. The van der Waals surface area contributed by atoms with Gasteiger partial charge in [0.1, 0.15) is 17.3 Å². The molecule has 1 rings (SSSR count). The lowest BCUT2D eigenvalue weighted by Gasteiger charge is -2.14. The van der Waals surface area contributed by atoms with Crippen LogP contribution in [0.4, 0.5) is 5.82 Å². The minimum atomic E-state index is 0.315. The van der Waals surface area contributed by atoms with Crippen molar-refractivity contribution < 1.29 is 4.74 Å². The number of hydrogen-bond acceptors (Lipinski definition) is 4. The molecule has 0 amide bonds. The van der Waals surface area contributed by atoms with Crippen LogP contribution in [0.5, 0.6) is 0 Å². The Balaban J connectivity index is 2.44. The molecule has 1 aromatic heterocycles. The molecule has 0 atom stereocenters. The van der Waals surface area contributed by atoms with Crippen molar-refractivity contribution in [2.24, 2.45) is 0 Å². The van der Waals surface area contributed by atoms with Gasteiger partial charge < -0.3 is 10.1 Å². The van der Waals surface area contributed by atoms with Crippen molar-refractivity contribution in [3.63, 3.8) is 0 Å². The molecule has 0 unspecified atom stereocenters. The Morgan fingerprint density at radius 1 is 1.28 bits per heavy atom. The van der Waals surface area contributed by atoms with Gasteiger partial charge in [-0.1, -0.05) is 25.4 Å². The highest BCUT2D eigenvalue weighted by Crippen LogP contribution is 2.27. The van der Waals surface area contributed by atoms with E-state index in [0.717, 1.165) is 43.8 Å². The Labute approximate surface area is 114 Å². The fourth-order valence-electron chi connectivity index (χ4n) is 1.78. The average Bonchev–Trinajstić information content (AvgIpc) is 2.33. The number of halogens is 1. The molecule has 1 N–H and O–H groups in total. The topological polar surface area (TPSA) is 47.0 Å². The van der Waals surface area contributed by atoms with E-state index in [4.69, 9.17) is 16.3 Å². The van der Waals surface area contributed by atoms with Gasteiger partial charge in [-0.2, -0.15) is 0 Å². The molecule has 0 fully saturated rings. The van der Waals surface area contributed by atoms with Crippen molar-refractivity contribution in [3.05, 3.63) is 17.0 Å². The lowest BCUT2D eigenvalue weighted by atomic mass is 10.1. The molecule has 102 valence electrons. The monoisotopic (exact) mass is 271 g/mol. The SMILES string of the molecule is COCCCCCNc1ncnc(Cl)c1C(C)C. The Hall–Kier alpha value is -0.870. The van der Waals surface area contributed by atoms with Gasteiger partial charge in [0.15, 0.2) is 0 Å². The fraction of sp³-hybridized carbons (Fsp3) is 0.692. The molecule has 0 saturated heterocycles. The van der Waals surface area contributed by atoms with Crippen molar-refractivity contribution in [1.82, 2.24) is 9.97 Å². The molecule has 0 aromatic carbocycles. The number of anilines is 1. The van der Waals surface area contributed by atoms with Crippen molar-refractivity contribution in [3.8, 4) is 0 Å². The lowest BCUT2D eigenvalue weighted by molar-refractivity contribution is 0.192. The molecule has 0 aliphatic rings. The lowest BCUT2D eigenvalue weighted by Crippen LogP contribution is -2.08. The van der Waals surface area contributed by atoms with Crippen molar-refractivity contribution in [2.45, 2.75) is 39.0 Å². The molecule has 5 heteroatoms. The fourth-order valence-corrected chi connectivity index (χ4v) is 2.13. The van der Waals surface area contributed by atoms with Crippen LogP contribution < -0.4 is 5.32 Å². The maximum absolute atomic E-state index is 6.10. The molecular weight excluding hydrogens is 250 g/mol. The van der Waals surface area contributed by atoms with Gasteiger partial charge in [-0.05, 0) is 25.2 Å². The molecule has 0 aliphatic heterocycles. The summed E-state index contributed by atoms with van der Waals surface area (Å²) in [7, 11) is 1.73. The van der Waals surface area contributed by atoms with Crippen LogP contribution in [-0.2, 0) is 4.74 Å². The summed E-state index contributed by atoms with van der Waals surface area (Å²) in [6.07, 6.45) is 4.85. The van der Waals surface area contributed by atoms with E-state index in [1.54, 1.807) is 7.11 Å². The number of hydrogen-bond donors (Lipinski definition) is 1. The molecule has 0 radical (unpaired) electrons. The normalized spacial score (nSPS) is 10.9. The van der Waals surface area contributed by atoms with E-state index < -0.39 is 0 Å². The van der Waals surface area contributed by atoms with Gasteiger partial charge in [0.05, 0.1) is 0 Å². The number of rotatable bonds is 8. The van der Waals surface area contributed by atoms with Crippen LogP contribution >= 0.6 is 11.6 Å². The van der Waals surface area contributed by atoms with Crippen LogP contribution in [0.25, 0.3) is 0 Å². The number of unbranched alkanes of at least 4 members (excludes halogenated alkanes) is 2. The van der Waals surface area contributed by atoms with Crippen molar-refractivity contribution >= 4 is 17.4 Å². The number of methoxy groups -OCH3 is 1. The highest BCUT2D eigenvalue weighted by molar-refractivity contribution is 6.30. The summed E-state index contributed by atoms with van der Waals surface area (Å²) < 4.78 is 5.01. The predicted molar refractivity (Wildman–Crippen MR) is 75.3 cm³/mol. The van der Waals surface area contributed by atoms with Crippen LogP contribution in [0.2, 0.25) is 5.15 Å². The van der Waals surface area contributed by atoms with Gasteiger partial charge in [0.2, 0.25) is 0 Å². The van der Waals surface area contributed by atoms with Crippen LogP contribution in [0.15, 0.2) is 6.33 Å². The minimum absolute atomic E-state index is 0.315. The van der Waals surface area contributed by atoms with Gasteiger partial charge in [-0.25, -0.2) is 9.97 Å². The predicted octanol–water partition coefficient (Wildman–Crippen LogP) is 3.48. The van der Waals surface area contributed by atoms with Gasteiger partial charge in [-0.15, -0.1) is 0 Å². The first kappa shape index (κ1) is 15.2. The summed E-state index contributed by atoms with van der Waals surface area (Å²) in [4.78, 5) is 8.29. The largest absolute Gasteiger partial charge is 0.385 e. The second-order valence-corrected chi connectivity index (χ2v) is 4.92. The molecule has 0 aliphatic carbocycles. The second kappa shape index (κ2) is 8.27. The summed E-state index contributed by atoms with van der Waals surface area (Å²) in [5.41, 5.74) is 0.996. The zero-order valence-corrected chi connectivity index (χ0v) is 12.1. The highest BCUT2D eigenvalue weighted by atomic mass is 35.5. The first-order valence-electron chi connectivity index (χ1n) is 6.40. The summed E-state index contributed by atoms with van der Waals surface area (Å²) in [5.74, 6) is 1.17. The summed E-state index contributed by atoms with van der Waals surface area (Å²) >= 11 is 6.10. The van der Waals surface area contributed by atoms with Gasteiger partial charge in [-0.3, -0.25) is 0 Å². The second-order valence-electron chi connectivity index (χ2n) is 4.56. The third kappa shape index (κ3) is 4.78. The van der Waals surface area contributed by atoms with E-state index in [1.807, 2.05) is 0 Å². The van der Waals surface area contributed by atoms with Crippen LogP contribution in [0, 0.1) is 0 Å². The molecule has 18 heavy (non-hydrogen) atoms. The maximum atomic E-state index is 6.10. The number of aromatic nitrogens is 2. The zero-order valence-electron chi connectivity index (χ0n) is 11.4. The van der Waals surface area contributed by atoms with Crippen molar-refractivity contribution in [2.75, 3.05) is 25.6 Å². The quantitative estimate of drug-likeness (QED) is 0.581. The third-order valence-electron chi connectivity index (χ3n) is 2.73. The number of ether oxygens (including phenoxy) is 1. The summed E-state index contributed by atoms with van der Waals surface area (Å²) in [6, 6.07) is 0. The maximum Gasteiger partial charge on any atom is 0.138 e. The smallest absolute Gasteiger partial charge is 0.138 e. The third-order valence-corrected chi connectivity index (χ3v) is 3.03. The standard InChI is InChI=1S/C13H22ClN3O/c1-10(2)11-12(14)16-9-17-13(11)15-7-5-4-6-8-18-3/h9-10H,4-8H2,1-3H3,(H,15,16,17). The van der Waals surface area contributed by atoms with E-state index in [9.17, 15) is 0 Å². The molecule has 1 heterocycles. The molecule has 1 aromatic rings. The Kier molecular flexibility index (Phi) is 6.98. The van der Waals surface area contributed by atoms with E-state index in [2.05, 4.69) is 29.1 Å². The van der Waals surface area contributed by atoms with E-state index in [-0.39, 0.29) is 0 Å². The van der Waals surface area contributed by atoms with Crippen LogP contribution in [0.3, 0.4) is 0 Å². The van der Waals surface area contributed by atoms with E-state index in [0.29, 0.717) is 11.1 Å². The molecule has 0 bridgehead atoms. The zero-order chi connectivity index (χ0) is 13.4. The average molecular weight is 272 g/mol. The van der Waals surface area contributed by atoms with Crippen LogP contribution in [-0.4, -0.2) is 30.2 Å². The van der Waals surface area contributed by atoms with Gasteiger partial charge >= 0.3 is 0 Å². The van der Waals surface area contributed by atoms with Gasteiger partial charge in [0.25, 0.3) is 0 Å². The number of nitrogens with one attached hydrogen (secondary N) is 1.